The topological polar surface area (TPSA) is 83.6 Å². The highest BCUT2D eigenvalue weighted by atomic mass is 19.4. The number of hydrogen-bond donors (Lipinski definition) is 2. The Bertz CT molecular complexity index is 1320. The maximum absolute atomic E-state index is 13.8. The van der Waals surface area contributed by atoms with Crippen LogP contribution in [0.5, 0.6) is 0 Å². The van der Waals surface area contributed by atoms with Crippen molar-refractivity contribution in [1.29, 1.82) is 0 Å². The predicted octanol–water partition coefficient (Wildman–Crippen LogP) is 5.15. The van der Waals surface area contributed by atoms with Crippen molar-refractivity contribution >= 4 is 29.3 Å². The normalized spacial score (nSPS) is 14.4. The number of halogens is 3. The van der Waals surface area contributed by atoms with Gasteiger partial charge in [0.2, 0.25) is 5.91 Å². The Balaban J connectivity index is 1.47. The minimum atomic E-state index is -4.61. The van der Waals surface area contributed by atoms with Crippen molar-refractivity contribution in [3.05, 3.63) is 94.8 Å². The summed E-state index contributed by atoms with van der Waals surface area (Å²) in [7, 11) is 0. The van der Waals surface area contributed by atoms with Crippen LogP contribution in [0.3, 0.4) is 0 Å². The summed E-state index contributed by atoms with van der Waals surface area (Å²) < 4.78 is 46.8. The summed E-state index contributed by atoms with van der Waals surface area (Å²) in [5.74, 6) is -1.07. The number of nitrogens with zero attached hydrogens (tertiary/aromatic N) is 2. The lowest BCUT2D eigenvalue weighted by molar-refractivity contribution is -0.138. The number of amides is 2. The molecule has 0 aliphatic carbocycles. The number of aryl methyl sites for hydroxylation is 1. The highest BCUT2D eigenvalue weighted by Crippen LogP contribution is 2.34. The van der Waals surface area contributed by atoms with Gasteiger partial charge in [0.15, 0.2) is 0 Å². The average molecular weight is 525 g/mol. The molecule has 0 spiro atoms. The van der Waals surface area contributed by atoms with Crippen molar-refractivity contribution in [3.63, 3.8) is 0 Å². The molecule has 0 saturated carbocycles. The lowest BCUT2D eigenvalue weighted by atomic mass is 10.0. The van der Waals surface area contributed by atoms with E-state index in [2.05, 4.69) is 15.6 Å². The van der Waals surface area contributed by atoms with Crippen LogP contribution in [0.4, 0.5) is 24.5 Å². The SMILES string of the molecule is Cc1ccc(NC(=O)c2ccc(CN3CCOCC3)c(C(F)(F)F)c2)cc1NC(=O)C=Cc1cccnc1. The molecule has 2 amide bonds. The molecule has 2 N–H and O–H groups in total. The van der Waals surface area contributed by atoms with E-state index in [1.54, 1.807) is 55.7 Å². The van der Waals surface area contributed by atoms with Gasteiger partial charge in [-0.05, 0) is 60.0 Å². The van der Waals surface area contributed by atoms with E-state index < -0.39 is 17.6 Å². The van der Waals surface area contributed by atoms with E-state index in [-0.39, 0.29) is 23.6 Å². The molecule has 0 unspecified atom stereocenters. The van der Waals surface area contributed by atoms with E-state index >= 15 is 0 Å². The van der Waals surface area contributed by atoms with E-state index in [0.717, 1.165) is 17.2 Å². The minimum absolute atomic E-state index is 0.107. The van der Waals surface area contributed by atoms with E-state index in [1.807, 2.05) is 4.90 Å². The zero-order valence-electron chi connectivity index (χ0n) is 20.7. The quantitative estimate of drug-likeness (QED) is 0.418. The molecule has 1 aliphatic rings. The largest absolute Gasteiger partial charge is 0.416 e. The molecule has 38 heavy (non-hydrogen) atoms. The number of alkyl halides is 3. The molecule has 0 bridgehead atoms. The Labute approximate surface area is 218 Å². The molecule has 1 aliphatic heterocycles. The van der Waals surface area contributed by atoms with Crippen molar-refractivity contribution in [2.45, 2.75) is 19.6 Å². The number of nitrogens with one attached hydrogen (secondary N) is 2. The van der Waals surface area contributed by atoms with Gasteiger partial charge in [0, 0.05) is 55.0 Å². The molecular formula is C28H27F3N4O3. The number of aromatic nitrogens is 1. The summed E-state index contributed by atoms with van der Waals surface area (Å²) in [4.78, 5) is 31.1. The molecule has 3 aromatic rings. The van der Waals surface area contributed by atoms with Crippen LogP contribution in [0.25, 0.3) is 6.08 Å². The molecule has 10 heteroatoms. The molecule has 1 saturated heterocycles. The van der Waals surface area contributed by atoms with Crippen LogP contribution >= 0.6 is 0 Å². The number of anilines is 2. The van der Waals surface area contributed by atoms with Crippen LogP contribution in [0.1, 0.15) is 32.6 Å². The van der Waals surface area contributed by atoms with Gasteiger partial charge in [-0.2, -0.15) is 13.2 Å². The number of pyridine rings is 1. The van der Waals surface area contributed by atoms with Crippen LogP contribution in [0.2, 0.25) is 0 Å². The second kappa shape index (κ2) is 12.0. The maximum Gasteiger partial charge on any atom is 0.416 e. The molecule has 7 nitrogen and oxygen atoms in total. The molecule has 198 valence electrons. The highest BCUT2D eigenvalue weighted by molar-refractivity contribution is 6.06. The smallest absolute Gasteiger partial charge is 0.379 e. The molecule has 0 radical (unpaired) electrons. The average Bonchev–Trinajstić information content (AvgIpc) is 2.90. The number of benzene rings is 2. The lowest BCUT2D eigenvalue weighted by Crippen LogP contribution is -2.36. The Morgan fingerprint density at radius 2 is 1.87 bits per heavy atom. The first kappa shape index (κ1) is 27.0. The number of rotatable bonds is 7. The summed E-state index contributed by atoms with van der Waals surface area (Å²) in [5.41, 5.74) is 1.45. The molecular weight excluding hydrogens is 497 g/mol. The number of morpholine rings is 1. The summed E-state index contributed by atoms with van der Waals surface area (Å²) >= 11 is 0. The fourth-order valence-electron chi connectivity index (χ4n) is 3.98. The summed E-state index contributed by atoms with van der Waals surface area (Å²) in [6.45, 7) is 3.95. The Morgan fingerprint density at radius 3 is 2.58 bits per heavy atom. The van der Waals surface area contributed by atoms with Gasteiger partial charge in [0.25, 0.3) is 5.91 Å². The van der Waals surface area contributed by atoms with Crippen LogP contribution < -0.4 is 10.6 Å². The van der Waals surface area contributed by atoms with Crippen molar-refractivity contribution in [2.24, 2.45) is 0 Å². The van der Waals surface area contributed by atoms with Crippen molar-refractivity contribution in [1.82, 2.24) is 9.88 Å². The first-order valence-electron chi connectivity index (χ1n) is 12.0. The van der Waals surface area contributed by atoms with E-state index in [0.29, 0.717) is 37.7 Å². The van der Waals surface area contributed by atoms with Gasteiger partial charge < -0.3 is 15.4 Å². The Hall–Kier alpha value is -4.02. The number of ether oxygens (including phenoxy) is 1. The van der Waals surface area contributed by atoms with Gasteiger partial charge in [0.05, 0.1) is 18.8 Å². The third kappa shape index (κ3) is 7.27. The van der Waals surface area contributed by atoms with Crippen molar-refractivity contribution in [2.75, 3.05) is 36.9 Å². The second-order valence-corrected chi connectivity index (χ2v) is 8.85. The number of carbonyl (C=O) groups is 2. The van der Waals surface area contributed by atoms with Gasteiger partial charge in [0.1, 0.15) is 0 Å². The highest BCUT2D eigenvalue weighted by Gasteiger charge is 2.34. The first-order valence-corrected chi connectivity index (χ1v) is 12.0. The first-order chi connectivity index (χ1) is 18.2. The summed E-state index contributed by atoms with van der Waals surface area (Å²) in [5, 5.41) is 5.37. The third-order valence-electron chi connectivity index (χ3n) is 6.04. The number of carbonyl (C=O) groups excluding carboxylic acids is 2. The summed E-state index contributed by atoms with van der Waals surface area (Å²) in [6.07, 6.45) is 1.61. The van der Waals surface area contributed by atoms with Crippen LogP contribution in [-0.4, -0.2) is 48.0 Å². The predicted molar refractivity (Wildman–Crippen MR) is 139 cm³/mol. The maximum atomic E-state index is 13.8. The monoisotopic (exact) mass is 524 g/mol. The van der Waals surface area contributed by atoms with Crippen molar-refractivity contribution < 1.29 is 27.5 Å². The Kier molecular flexibility index (Phi) is 8.55. The number of hydrogen-bond acceptors (Lipinski definition) is 5. The van der Waals surface area contributed by atoms with Gasteiger partial charge in [-0.1, -0.05) is 18.2 Å². The molecule has 1 aromatic heterocycles. The van der Waals surface area contributed by atoms with Crippen LogP contribution in [-0.2, 0) is 22.3 Å². The van der Waals surface area contributed by atoms with Gasteiger partial charge in [-0.3, -0.25) is 19.5 Å². The Morgan fingerprint density at radius 1 is 1.08 bits per heavy atom. The molecule has 4 rings (SSSR count). The molecule has 1 fully saturated rings. The van der Waals surface area contributed by atoms with Gasteiger partial charge >= 0.3 is 6.18 Å². The van der Waals surface area contributed by atoms with E-state index in [1.165, 1.54) is 18.2 Å². The standard InChI is InChI=1S/C28H27F3N4O3/c1-19-4-8-23(16-25(19)34-26(36)9-5-20-3-2-10-32-17-20)33-27(37)21-6-7-22(24(15-21)28(29,30)31)18-35-11-13-38-14-12-35/h2-10,15-17H,11-14,18H2,1H3,(H,33,37)(H,34,36). The third-order valence-corrected chi connectivity index (χ3v) is 6.04. The fourth-order valence-corrected chi connectivity index (χ4v) is 3.98. The minimum Gasteiger partial charge on any atom is -0.379 e. The zero-order valence-corrected chi connectivity index (χ0v) is 20.7. The summed E-state index contributed by atoms with van der Waals surface area (Å²) in [6, 6.07) is 12.0. The lowest BCUT2D eigenvalue weighted by Gasteiger charge is -2.27. The van der Waals surface area contributed by atoms with Crippen LogP contribution in [0, 0.1) is 6.92 Å². The van der Waals surface area contributed by atoms with Gasteiger partial charge in [-0.15, -0.1) is 0 Å². The molecule has 2 heterocycles. The van der Waals surface area contributed by atoms with E-state index in [4.69, 9.17) is 4.74 Å². The van der Waals surface area contributed by atoms with Crippen LogP contribution in [0.15, 0.2) is 67.0 Å². The van der Waals surface area contributed by atoms with Crippen molar-refractivity contribution in [3.8, 4) is 0 Å². The molecule has 0 atom stereocenters. The van der Waals surface area contributed by atoms with E-state index in [9.17, 15) is 22.8 Å². The second-order valence-electron chi connectivity index (χ2n) is 8.85. The fraction of sp³-hybridized carbons (Fsp3) is 0.250. The van der Waals surface area contributed by atoms with Gasteiger partial charge in [-0.25, -0.2) is 0 Å². The zero-order chi connectivity index (χ0) is 27.1. The molecule has 2 aromatic carbocycles.